The second-order valence-electron chi connectivity index (χ2n) is 4.19. The zero-order valence-electron chi connectivity index (χ0n) is 10.1. The maximum absolute atomic E-state index is 13.5. The van der Waals surface area contributed by atoms with Crippen LogP contribution in [-0.4, -0.2) is 17.7 Å². The molecule has 18 heavy (non-hydrogen) atoms. The van der Waals surface area contributed by atoms with E-state index in [0.717, 1.165) is 24.3 Å². The minimum atomic E-state index is -1.18. The van der Waals surface area contributed by atoms with E-state index in [1.165, 1.54) is 0 Å². The Kier molecular flexibility index (Phi) is 4.83. The van der Waals surface area contributed by atoms with Gasteiger partial charge in [0, 0.05) is 6.08 Å². The van der Waals surface area contributed by atoms with Gasteiger partial charge in [0.15, 0.2) is 17.4 Å². The molecule has 3 nitrogen and oxygen atoms in total. The van der Waals surface area contributed by atoms with Crippen LogP contribution < -0.4 is 4.74 Å². The van der Waals surface area contributed by atoms with Crippen LogP contribution >= 0.6 is 0 Å². The summed E-state index contributed by atoms with van der Waals surface area (Å²) in [5, 5.41) is 8.41. The molecule has 0 saturated carbocycles. The van der Waals surface area contributed by atoms with Gasteiger partial charge in [-0.05, 0) is 29.7 Å². The predicted molar refractivity (Wildman–Crippen MR) is 63.4 cm³/mol. The van der Waals surface area contributed by atoms with E-state index in [9.17, 15) is 13.6 Å². The van der Waals surface area contributed by atoms with Crippen LogP contribution in [0.4, 0.5) is 8.78 Å². The van der Waals surface area contributed by atoms with Crippen LogP contribution in [0.25, 0.3) is 6.08 Å². The fourth-order valence-corrected chi connectivity index (χ4v) is 1.23. The number of benzene rings is 1. The van der Waals surface area contributed by atoms with Gasteiger partial charge in [-0.1, -0.05) is 13.8 Å². The van der Waals surface area contributed by atoms with Crippen LogP contribution in [0, 0.1) is 17.6 Å². The Morgan fingerprint density at radius 3 is 2.39 bits per heavy atom. The normalized spacial score (nSPS) is 11.2. The molecular formula is C13H14F2O3. The minimum absolute atomic E-state index is 0.129. The molecule has 0 saturated heterocycles. The number of carboxylic acids is 1. The molecule has 1 rings (SSSR count). The molecule has 1 aromatic carbocycles. The first-order chi connectivity index (χ1) is 8.40. The number of halogens is 2. The van der Waals surface area contributed by atoms with Gasteiger partial charge in [0.05, 0.1) is 6.61 Å². The molecule has 0 aliphatic rings. The lowest BCUT2D eigenvalue weighted by Gasteiger charge is -2.10. The third-order valence-electron chi connectivity index (χ3n) is 2.00. The summed E-state index contributed by atoms with van der Waals surface area (Å²) in [4.78, 5) is 10.3. The van der Waals surface area contributed by atoms with E-state index in [2.05, 4.69) is 0 Å². The zero-order chi connectivity index (χ0) is 13.7. The van der Waals surface area contributed by atoms with Gasteiger partial charge in [0.2, 0.25) is 0 Å². The Balaban J connectivity index is 2.93. The molecule has 0 heterocycles. The summed E-state index contributed by atoms with van der Waals surface area (Å²) in [6.07, 6.45) is 1.92. The monoisotopic (exact) mass is 256 g/mol. The van der Waals surface area contributed by atoms with Crippen molar-refractivity contribution in [2.75, 3.05) is 6.61 Å². The van der Waals surface area contributed by atoms with E-state index in [1.807, 2.05) is 13.8 Å². The number of aliphatic carboxylic acids is 1. The van der Waals surface area contributed by atoms with Crippen LogP contribution in [0.5, 0.6) is 5.75 Å². The SMILES string of the molecule is CC(C)COc1c(F)cc(C=CC(=O)O)cc1F. The predicted octanol–water partition coefficient (Wildman–Crippen LogP) is 3.10. The second-order valence-corrected chi connectivity index (χ2v) is 4.19. The Labute approximate surface area is 104 Å². The topological polar surface area (TPSA) is 46.5 Å². The van der Waals surface area contributed by atoms with Gasteiger partial charge in [-0.2, -0.15) is 0 Å². The smallest absolute Gasteiger partial charge is 0.328 e. The number of hydrogen-bond donors (Lipinski definition) is 1. The van der Waals surface area contributed by atoms with Crippen LogP contribution in [0.15, 0.2) is 18.2 Å². The first-order valence-electron chi connectivity index (χ1n) is 5.43. The van der Waals surface area contributed by atoms with Crippen molar-refractivity contribution in [1.82, 2.24) is 0 Å². The molecule has 1 N–H and O–H groups in total. The van der Waals surface area contributed by atoms with E-state index in [4.69, 9.17) is 9.84 Å². The summed E-state index contributed by atoms with van der Waals surface area (Å²) in [6, 6.07) is 2.05. The first-order valence-corrected chi connectivity index (χ1v) is 5.43. The van der Waals surface area contributed by atoms with E-state index in [0.29, 0.717) is 0 Å². The minimum Gasteiger partial charge on any atom is -0.487 e. The lowest BCUT2D eigenvalue weighted by Crippen LogP contribution is -2.07. The summed E-state index contributed by atoms with van der Waals surface area (Å²) in [5.41, 5.74) is 0.129. The van der Waals surface area contributed by atoms with Gasteiger partial charge in [0.25, 0.3) is 0 Å². The molecule has 0 aliphatic heterocycles. The van der Waals surface area contributed by atoms with Gasteiger partial charge in [-0.3, -0.25) is 0 Å². The molecule has 1 aromatic rings. The number of rotatable bonds is 5. The largest absolute Gasteiger partial charge is 0.487 e. The van der Waals surface area contributed by atoms with E-state index in [-0.39, 0.29) is 18.1 Å². The fraction of sp³-hybridized carbons (Fsp3) is 0.308. The van der Waals surface area contributed by atoms with Crippen molar-refractivity contribution in [1.29, 1.82) is 0 Å². The van der Waals surface area contributed by atoms with Gasteiger partial charge in [0.1, 0.15) is 0 Å². The zero-order valence-corrected chi connectivity index (χ0v) is 10.1. The average Bonchev–Trinajstić information content (AvgIpc) is 2.24. The molecule has 0 aromatic heterocycles. The summed E-state index contributed by atoms with van der Waals surface area (Å²) in [5.74, 6) is -3.16. The van der Waals surface area contributed by atoms with Crippen LogP contribution in [-0.2, 0) is 4.79 Å². The second kappa shape index (κ2) is 6.14. The van der Waals surface area contributed by atoms with Gasteiger partial charge in [-0.15, -0.1) is 0 Å². The summed E-state index contributed by atoms with van der Waals surface area (Å²) in [6.45, 7) is 3.93. The lowest BCUT2D eigenvalue weighted by atomic mass is 10.2. The highest BCUT2D eigenvalue weighted by Crippen LogP contribution is 2.24. The third-order valence-corrected chi connectivity index (χ3v) is 2.00. The molecule has 0 unspecified atom stereocenters. The highest BCUT2D eigenvalue weighted by Gasteiger charge is 2.12. The van der Waals surface area contributed by atoms with Crippen molar-refractivity contribution in [3.8, 4) is 5.75 Å². The van der Waals surface area contributed by atoms with Crippen molar-refractivity contribution < 1.29 is 23.4 Å². The number of ether oxygens (including phenoxy) is 1. The molecule has 0 aliphatic carbocycles. The van der Waals surface area contributed by atoms with Crippen molar-refractivity contribution in [3.63, 3.8) is 0 Å². The Hall–Kier alpha value is -1.91. The Morgan fingerprint density at radius 2 is 1.94 bits per heavy atom. The number of carboxylic acid groups (broad SMARTS) is 1. The average molecular weight is 256 g/mol. The lowest BCUT2D eigenvalue weighted by molar-refractivity contribution is -0.131. The van der Waals surface area contributed by atoms with Gasteiger partial charge < -0.3 is 9.84 Å². The number of carbonyl (C=O) groups is 1. The number of hydrogen-bond acceptors (Lipinski definition) is 2. The fourth-order valence-electron chi connectivity index (χ4n) is 1.23. The van der Waals surface area contributed by atoms with E-state index < -0.39 is 23.4 Å². The molecule has 5 heteroatoms. The highest BCUT2D eigenvalue weighted by molar-refractivity contribution is 5.85. The summed E-state index contributed by atoms with van der Waals surface area (Å²) < 4.78 is 32.1. The summed E-state index contributed by atoms with van der Waals surface area (Å²) in [7, 11) is 0. The molecule has 98 valence electrons. The maximum Gasteiger partial charge on any atom is 0.328 e. The molecule has 0 fully saturated rings. The highest BCUT2D eigenvalue weighted by atomic mass is 19.1. The Morgan fingerprint density at radius 1 is 1.39 bits per heavy atom. The van der Waals surface area contributed by atoms with Crippen molar-refractivity contribution in [2.24, 2.45) is 5.92 Å². The quantitative estimate of drug-likeness (QED) is 0.823. The molecule has 0 amide bonds. The van der Waals surface area contributed by atoms with E-state index in [1.54, 1.807) is 0 Å². The molecule has 0 radical (unpaired) electrons. The first kappa shape index (κ1) is 14.2. The van der Waals surface area contributed by atoms with Crippen LogP contribution in [0.3, 0.4) is 0 Å². The molecule has 0 atom stereocenters. The summed E-state index contributed by atoms with van der Waals surface area (Å²) >= 11 is 0. The Bertz CT molecular complexity index is 444. The van der Waals surface area contributed by atoms with Crippen molar-refractivity contribution >= 4 is 12.0 Å². The third kappa shape index (κ3) is 4.16. The molecule has 0 spiro atoms. The molecular weight excluding hydrogens is 242 g/mol. The van der Waals surface area contributed by atoms with Gasteiger partial charge >= 0.3 is 5.97 Å². The van der Waals surface area contributed by atoms with Crippen LogP contribution in [0.1, 0.15) is 19.4 Å². The van der Waals surface area contributed by atoms with Crippen molar-refractivity contribution in [2.45, 2.75) is 13.8 Å². The molecule has 0 bridgehead atoms. The van der Waals surface area contributed by atoms with E-state index >= 15 is 0 Å². The standard InChI is InChI=1S/C13H14F2O3/c1-8(2)7-18-13-10(14)5-9(6-11(13)15)3-4-12(16)17/h3-6,8H,7H2,1-2H3,(H,16,17). The van der Waals surface area contributed by atoms with Crippen LogP contribution in [0.2, 0.25) is 0 Å². The maximum atomic E-state index is 13.5. The van der Waals surface area contributed by atoms with Gasteiger partial charge in [-0.25, -0.2) is 13.6 Å². The van der Waals surface area contributed by atoms with Crippen molar-refractivity contribution in [3.05, 3.63) is 35.4 Å².